The van der Waals surface area contributed by atoms with Crippen molar-refractivity contribution in [3.63, 3.8) is 0 Å². The third-order valence-corrected chi connectivity index (χ3v) is 5.31. The zero-order chi connectivity index (χ0) is 15.5. The van der Waals surface area contributed by atoms with Gasteiger partial charge in [0.1, 0.15) is 0 Å². The maximum absolute atomic E-state index is 12.5. The number of benzene rings is 1. The highest BCUT2D eigenvalue weighted by Gasteiger charge is 2.22. The van der Waals surface area contributed by atoms with E-state index in [1.807, 2.05) is 31.2 Å². The smallest absolute Gasteiger partial charge is 0.243 e. The molecule has 4 nitrogen and oxygen atoms in total. The van der Waals surface area contributed by atoms with E-state index in [4.69, 9.17) is 11.6 Å². The minimum absolute atomic E-state index is 0.0347. The zero-order valence-corrected chi connectivity index (χ0v) is 13.5. The van der Waals surface area contributed by atoms with Crippen molar-refractivity contribution in [1.29, 1.82) is 0 Å². The van der Waals surface area contributed by atoms with E-state index in [1.54, 1.807) is 13.1 Å². The van der Waals surface area contributed by atoms with Gasteiger partial charge < -0.3 is 0 Å². The van der Waals surface area contributed by atoms with E-state index >= 15 is 0 Å². The summed E-state index contributed by atoms with van der Waals surface area (Å²) in [5.74, 6) is 0.312. The van der Waals surface area contributed by atoms with Gasteiger partial charge in [-0.2, -0.15) is 4.31 Å². The van der Waals surface area contributed by atoms with E-state index in [0.29, 0.717) is 12.4 Å². The van der Waals surface area contributed by atoms with Crippen LogP contribution in [0, 0.1) is 6.92 Å². The molecule has 0 saturated carbocycles. The Kier molecular flexibility index (Phi) is 4.98. The number of aromatic nitrogens is 1. The summed E-state index contributed by atoms with van der Waals surface area (Å²) < 4.78 is 26.3. The lowest BCUT2D eigenvalue weighted by molar-refractivity contribution is 0.463. The Hall–Kier alpha value is -1.43. The quantitative estimate of drug-likeness (QED) is 0.794. The van der Waals surface area contributed by atoms with Gasteiger partial charge in [0.2, 0.25) is 0 Å². The molecule has 0 amide bonds. The highest BCUT2D eigenvalue weighted by molar-refractivity contribution is 7.89. The van der Waals surface area contributed by atoms with Crippen molar-refractivity contribution in [2.24, 2.45) is 0 Å². The number of pyridine rings is 1. The Morgan fingerprint density at radius 3 is 2.48 bits per heavy atom. The number of sulfonamides is 1. The van der Waals surface area contributed by atoms with Crippen LogP contribution in [0.25, 0.3) is 0 Å². The number of alkyl halides is 1. The first kappa shape index (κ1) is 15.9. The predicted octanol–water partition coefficient (Wildman–Crippen LogP) is 2.95. The average molecular weight is 325 g/mol. The van der Waals surface area contributed by atoms with Gasteiger partial charge in [-0.05, 0) is 29.7 Å². The fraction of sp³-hybridized carbons (Fsp3) is 0.267. The Labute approximate surface area is 130 Å². The SMILES string of the molecule is Cc1ccccc1CN(C)S(=O)(=O)c1ccc(CCl)cn1. The van der Waals surface area contributed by atoms with Crippen molar-refractivity contribution < 1.29 is 8.42 Å². The zero-order valence-electron chi connectivity index (χ0n) is 12.0. The molecule has 0 bridgehead atoms. The van der Waals surface area contributed by atoms with Crippen LogP contribution in [0.3, 0.4) is 0 Å². The van der Waals surface area contributed by atoms with Gasteiger partial charge in [-0.3, -0.25) is 0 Å². The van der Waals surface area contributed by atoms with Gasteiger partial charge in [0.15, 0.2) is 5.03 Å². The highest BCUT2D eigenvalue weighted by atomic mass is 35.5. The molecule has 0 aliphatic heterocycles. The van der Waals surface area contributed by atoms with Crippen molar-refractivity contribution in [3.05, 3.63) is 59.3 Å². The lowest BCUT2D eigenvalue weighted by Crippen LogP contribution is -2.27. The largest absolute Gasteiger partial charge is 0.260 e. The first-order valence-corrected chi connectivity index (χ1v) is 8.44. The second-order valence-corrected chi connectivity index (χ2v) is 7.08. The lowest BCUT2D eigenvalue weighted by Gasteiger charge is -2.18. The summed E-state index contributed by atoms with van der Waals surface area (Å²) in [6, 6.07) is 10.9. The van der Waals surface area contributed by atoms with Crippen LogP contribution in [0.5, 0.6) is 0 Å². The molecule has 21 heavy (non-hydrogen) atoms. The summed E-state index contributed by atoms with van der Waals surface area (Å²) in [5, 5.41) is 0.0347. The van der Waals surface area contributed by atoms with E-state index in [9.17, 15) is 8.42 Å². The third-order valence-electron chi connectivity index (χ3n) is 3.28. The average Bonchev–Trinajstić information content (AvgIpc) is 2.49. The van der Waals surface area contributed by atoms with E-state index in [0.717, 1.165) is 16.7 Å². The summed E-state index contributed by atoms with van der Waals surface area (Å²) >= 11 is 5.68. The molecule has 0 atom stereocenters. The Morgan fingerprint density at radius 1 is 1.19 bits per heavy atom. The number of hydrogen-bond acceptors (Lipinski definition) is 3. The number of aryl methyl sites for hydroxylation is 1. The van der Waals surface area contributed by atoms with Crippen molar-refractivity contribution in [1.82, 2.24) is 9.29 Å². The van der Waals surface area contributed by atoms with Gasteiger partial charge in [0, 0.05) is 25.7 Å². The van der Waals surface area contributed by atoms with Crippen LogP contribution in [-0.4, -0.2) is 24.8 Å². The van der Waals surface area contributed by atoms with Crippen LogP contribution in [0.1, 0.15) is 16.7 Å². The first-order chi connectivity index (χ1) is 9.95. The topological polar surface area (TPSA) is 50.3 Å². The van der Waals surface area contributed by atoms with Crippen LogP contribution in [0.15, 0.2) is 47.6 Å². The van der Waals surface area contributed by atoms with Gasteiger partial charge in [-0.25, -0.2) is 13.4 Å². The monoisotopic (exact) mass is 324 g/mol. The number of rotatable bonds is 5. The van der Waals surface area contributed by atoms with E-state index in [1.165, 1.54) is 16.6 Å². The van der Waals surface area contributed by atoms with E-state index in [-0.39, 0.29) is 5.03 Å². The first-order valence-electron chi connectivity index (χ1n) is 6.47. The summed E-state index contributed by atoms with van der Waals surface area (Å²) in [4.78, 5) is 3.99. The molecule has 0 saturated heterocycles. The molecule has 2 rings (SSSR count). The number of hydrogen-bond donors (Lipinski definition) is 0. The van der Waals surface area contributed by atoms with Crippen molar-refractivity contribution in [2.45, 2.75) is 24.4 Å². The van der Waals surface area contributed by atoms with E-state index < -0.39 is 10.0 Å². The molecule has 1 heterocycles. The van der Waals surface area contributed by atoms with Crippen LogP contribution in [0.2, 0.25) is 0 Å². The second kappa shape index (κ2) is 6.56. The fourth-order valence-corrected chi connectivity index (χ4v) is 3.13. The minimum Gasteiger partial charge on any atom is -0.243 e. The van der Waals surface area contributed by atoms with Crippen LogP contribution in [-0.2, 0) is 22.4 Å². The third kappa shape index (κ3) is 3.61. The molecule has 2 aromatic rings. The van der Waals surface area contributed by atoms with Gasteiger partial charge in [0.25, 0.3) is 10.0 Å². The number of halogens is 1. The Balaban J connectivity index is 2.24. The Morgan fingerprint density at radius 2 is 1.90 bits per heavy atom. The molecule has 1 aromatic carbocycles. The molecule has 6 heteroatoms. The van der Waals surface area contributed by atoms with Gasteiger partial charge >= 0.3 is 0 Å². The Bertz CT molecular complexity index is 715. The molecule has 0 fully saturated rings. The predicted molar refractivity (Wildman–Crippen MR) is 83.6 cm³/mol. The molecule has 0 spiro atoms. The van der Waals surface area contributed by atoms with Crippen LogP contribution >= 0.6 is 11.6 Å². The maximum atomic E-state index is 12.5. The summed E-state index contributed by atoms with van der Waals surface area (Å²) in [6.07, 6.45) is 1.49. The normalized spacial score (nSPS) is 11.8. The molecular formula is C15H17ClN2O2S. The van der Waals surface area contributed by atoms with Gasteiger partial charge in [-0.15, -0.1) is 11.6 Å². The van der Waals surface area contributed by atoms with Gasteiger partial charge in [0.05, 0.1) is 0 Å². The molecule has 0 N–H and O–H groups in total. The lowest BCUT2D eigenvalue weighted by atomic mass is 10.1. The molecule has 0 aliphatic carbocycles. The highest BCUT2D eigenvalue weighted by Crippen LogP contribution is 2.17. The molecule has 0 unspecified atom stereocenters. The maximum Gasteiger partial charge on any atom is 0.260 e. The van der Waals surface area contributed by atoms with Crippen LogP contribution in [0.4, 0.5) is 0 Å². The summed E-state index contributed by atoms with van der Waals surface area (Å²) in [6.45, 7) is 2.28. The molecule has 0 aliphatic rings. The summed E-state index contributed by atoms with van der Waals surface area (Å²) in [5.41, 5.74) is 2.82. The second-order valence-electron chi connectivity index (χ2n) is 4.83. The van der Waals surface area contributed by atoms with Gasteiger partial charge in [-0.1, -0.05) is 30.3 Å². The minimum atomic E-state index is -3.60. The van der Waals surface area contributed by atoms with E-state index in [2.05, 4.69) is 4.98 Å². The number of nitrogens with zero attached hydrogens (tertiary/aromatic N) is 2. The molecule has 112 valence electrons. The fourth-order valence-electron chi connectivity index (χ4n) is 1.91. The molecule has 1 aromatic heterocycles. The van der Waals surface area contributed by atoms with Crippen molar-refractivity contribution >= 4 is 21.6 Å². The van der Waals surface area contributed by atoms with Crippen molar-refractivity contribution in [2.75, 3.05) is 7.05 Å². The van der Waals surface area contributed by atoms with Crippen molar-refractivity contribution in [3.8, 4) is 0 Å². The molecule has 0 radical (unpaired) electrons. The summed E-state index contributed by atoms with van der Waals surface area (Å²) in [7, 11) is -2.05. The molecular weight excluding hydrogens is 308 g/mol. The van der Waals surface area contributed by atoms with Crippen LogP contribution < -0.4 is 0 Å². The standard InChI is InChI=1S/C15H17ClN2O2S/c1-12-5-3-4-6-14(12)11-18(2)21(19,20)15-8-7-13(9-16)10-17-15/h3-8,10H,9,11H2,1-2H3.